The Morgan fingerprint density at radius 2 is 2.07 bits per heavy atom. The van der Waals surface area contributed by atoms with Crippen molar-refractivity contribution in [1.82, 2.24) is 5.32 Å². The van der Waals surface area contributed by atoms with Crippen LogP contribution in [-0.4, -0.2) is 44.4 Å². The molecular formula is C21H29BrFN3O2. The summed E-state index contributed by atoms with van der Waals surface area (Å²) in [6.45, 7) is 3.02. The van der Waals surface area contributed by atoms with E-state index in [0.717, 1.165) is 23.1 Å². The lowest BCUT2D eigenvalue weighted by Gasteiger charge is -2.45. The summed E-state index contributed by atoms with van der Waals surface area (Å²) in [6, 6.07) is 6.07. The molecule has 5 atom stereocenters. The van der Waals surface area contributed by atoms with Crippen molar-refractivity contribution in [2.24, 2.45) is 17.6 Å². The first-order valence-electron chi connectivity index (χ1n) is 10.4. The third kappa shape index (κ3) is 3.94. The van der Waals surface area contributed by atoms with Crippen LogP contribution in [0.4, 0.5) is 10.1 Å². The average Bonchev–Trinajstić information content (AvgIpc) is 3.21. The highest BCUT2D eigenvalue weighted by molar-refractivity contribution is 9.10. The van der Waals surface area contributed by atoms with E-state index in [0.29, 0.717) is 32.4 Å². The van der Waals surface area contributed by atoms with Gasteiger partial charge in [0, 0.05) is 30.0 Å². The second kappa shape index (κ2) is 8.67. The van der Waals surface area contributed by atoms with Gasteiger partial charge in [-0.3, -0.25) is 4.79 Å². The van der Waals surface area contributed by atoms with Crippen LogP contribution in [0, 0.1) is 11.8 Å². The van der Waals surface area contributed by atoms with E-state index < -0.39 is 6.17 Å². The molecule has 3 aliphatic rings. The number of alkyl halides is 1. The summed E-state index contributed by atoms with van der Waals surface area (Å²) in [5.74, 6) is -0.325. The van der Waals surface area contributed by atoms with Crippen molar-refractivity contribution in [3.8, 4) is 0 Å². The summed E-state index contributed by atoms with van der Waals surface area (Å²) in [5.41, 5.74) is 7.89. The van der Waals surface area contributed by atoms with Gasteiger partial charge in [-0.15, -0.1) is 0 Å². The molecular weight excluding hydrogens is 425 g/mol. The number of amides is 1. The molecule has 2 aliphatic heterocycles. The number of benzene rings is 1. The van der Waals surface area contributed by atoms with Crippen LogP contribution in [0.15, 0.2) is 22.7 Å². The fourth-order valence-electron chi connectivity index (χ4n) is 5.06. The predicted octanol–water partition coefficient (Wildman–Crippen LogP) is 3.32. The fourth-order valence-corrected chi connectivity index (χ4v) is 5.70. The molecule has 1 aliphatic carbocycles. The first kappa shape index (κ1) is 20.1. The normalized spacial score (nSPS) is 32.9. The zero-order valence-corrected chi connectivity index (χ0v) is 17.7. The number of hydrogen-bond donors (Lipinski definition) is 2. The Balaban J connectivity index is 1.61. The standard InChI is InChI=1S/C21H29BrFN3O2/c22-17-11-13(3-6-18(17)26-8-1-2-9-26)19-20(28-10-7-24)15-5-4-14(23)12-16(15)21(27)25-19/h3,6,11,14-16,19-20H,1-2,4-5,7-10,12,24H2,(H,25,27). The van der Waals surface area contributed by atoms with Gasteiger partial charge in [-0.1, -0.05) is 6.07 Å². The number of fused-ring (bicyclic) bond motifs is 1. The Bertz CT molecular complexity index is 713. The molecule has 2 saturated heterocycles. The van der Waals surface area contributed by atoms with Gasteiger partial charge in [-0.25, -0.2) is 4.39 Å². The molecule has 3 N–H and O–H groups in total. The third-order valence-electron chi connectivity index (χ3n) is 6.43. The predicted molar refractivity (Wildman–Crippen MR) is 111 cm³/mol. The Labute approximate surface area is 174 Å². The minimum absolute atomic E-state index is 0.0364. The van der Waals surface area contributed by atoms with Gasteiger partial charge in [0.15, 0.2) is 0 Å². The number of anilines is 1. The van der Waals surface area contributed by atoms with E-state index in [1.807, 2.05) is 0 Å². The van der Waals surface area contributed by atoms with E-state index in [2.05, 4.69) is 44.3 Å². The smallest absolute Gasteiger partial charge is 0.224 e. The molecule has 5 unspecified atom stereocenters. The average molecular weight is 454 g/mol. The molecule has 5 nitrogen and oxygen atoms in total. The summed E-state index contributed by atoms with van der Waals surface area (Å²) in [6.07, 6.45) is 2.85. The maximum Gasteiger partial charge on any atom is 0.224 e. The second-order valence-electron chi connectivity index (χ2n) is 8.20. The summed E-state index contributed by atoms with van der Waals surface area (Å²) in [4.78, 5) is 15.1. The van der Waals surface area contributed by atoms with Gasteiger partial charge in [-0.2, -0.15) is 0 Å². The van der Waals surface area contributed by atoms with Crippen molar-refractivity contribution in [3.63, 3.8) is 0 Å². The molecule has 1 aromatic rings. The van der Waals surface area contributed by atoms with Crippen molar-refractivity contribution in [2.45, 2.75) is 50.4 Å². The molecule has 0 radical (unpaired) electrons. The number of ether oxygens (including phenoxy) is 1. The van der Waals surface area contributed by atoms with Crippen LogP contribution in [-0.2, 0) is 9.53 Å². The van der Waals surface area contributed by atoms with Gasteiger partial charge >= 0.3 is 0 Å². The number of piperidine rings is 1. The van der Waals surface area contributed by atoms with Crippen LogP contribution < -0.4 is 16.0 Å². The van der Waals surface area contributed by atoms with Crippen LogP contribution >= 0.6 is 15.9 Å². The van der Waals surface area contributed by atoms with Crippen LogP contribution in [0.1, 0.15) is 43.7 Å². The number of carbonyl (C=O) groups excluding carboxylic acids is 1. The van der Waals surface area contributed by atoms with Crippen molar-refractivity contribution in [2.75, 3.05) is 31.1 Å². The van der Waals surface area contributed by atoms with Crippen molar-refractivity contribution >= 4 is 27.5 Å². The lowest BCUT2D eigenvalue weighted by molar-refractivity contribution is -0.144. The van der Waals surface area contributed by atoms with Crippen LogP contribution in [0.2, 0.25) is 0 Å². The summed E-state index contributed by atoms with van der Waals surface area (Å²) in [5, 5.41) is 3.12. The minimum atomic E-state index is -0.896. The van der Waals surface area contributed by atoms with Gasteiger partial charge in [0.05, 0.1) is 24.4 Å². The Hall–Kier alpha value is -1.18. The molecule has 7 heteroatoms. The molecule has 0 spiro atoms. The Morgan fingerprint density at radius 3 is 2.79 bits per heavy atom. The van der Waals surface area contributed by atoms with E-state index in [1.165, 1.54) is 18.5 Å². The van der Waals surface area contributed by atoms with Gasteiger partial charge in [0.2, 0.25) is 5.91 Å². The zero-order chi connectivity index (χ0) is 19.7. The lowest BCUT2D eigenvalue weighted by Crippen LogP contribution is -2.55. The Kier molecular flexibility index (Phi) is 6.23. The molecule has 1 amide bonds. The Morgan fingerprint density at radius 1 is 1.29 bits per heavy atom. The molecule has 3 fully saturated rings. The highest BCUT2D eigenvalue weighted by Crippen LogP contribution is 2.43. The van der Waals surface area contributed by atoms with E-state index in [1.54, 1.807) is 0 Å². The summed E-state index contributed by atoms with van der Waals surface area (Å²) in [7, 11) is 0. The van der Waals surface area contributed by atoms with Crippen molar-refractivity contribution < 1.29 is 13.9 Å². The molecule has 0 aromatic heterocycles. The van der Waals surface area contributed by atoms with Gasteiger partial charge in [0.25, 0.3) is 0 Å². The van der Waals surface area contributed by atoms with E-state index >= 15 is 0 Å². The van der Waals surface area contributed by atoms with Crippen LogP contribution in [0.5, 0.6) is 0 Å². The van der Waals surface area contributed by atoms with Crippen LogP contribution in [0.25, 0.3) is 0 Å². The number of hydrogen-bond acceptors (Lipinski definition) is 4. The number of nitrogens with one attached hydrogen (secondary N) is 1. The number of carbonyl (C=O) groups is 1. The second-order valence-corrected chi connectivity index (χ2v) is 9.05. The molecule has 4 rings (SSSR count). The largest absolute Gasteiger partial charge is 0.374 e. The first-order chi connectivity index (χ1) is 13.6. The van der Waals surface area contributed by atoms with Crippen molar-refractivity contribution in [3.05, 3.63) is 28.2 Å². The highest BCUT2D eigenvalue weighted by Gasteiger charge is 2.48. The van der Waals surface area contributed by atoms with Gasteiger partial charge < -0.3 is 20.7 Å². The molecule has 1 aromatic carbocycles. The van der Waals surface area contributed by atoms with Crippen molar-refractivity contribution in [1.29, 1.82) is 0 Å². The monoisotopic (exact) mass is 453 g/mol. The minimum Gasteiger partial charge on any atom is -0.374 e. The van der Waals surface area contributed by atoms with E-state index in [9.17, 15) is 9.18 Å². The summed E-state index contributed by atoms with van der Waals surface area (Å²) < 4.78 is 21.1. The first-order valence-corrected chi connectivity index (χ1v) is 11.2. The SMILES string of the molecule is NCCOC1C(c2ccc(N3CCCC3)c(Br)c2)NC(=O)C2CC(F)CCC21. The van der Waals surface area contributed by atoms with Gasteiger partial charge in [-0.05, 0) is 71.6 Å². The molecule has 28 heavy (non-hydrogen) atoms. The highest BCUT2D eigenvalue weighted by atomic mass is 79.9. The number of nitrogens with zero attached hydrogens (tertiary/aromatic N) is 1. The third-order valence-corrected chi connectivity index (χ3v) is 7.07. The quantitative estimate of drug-likeness (QED) is 0.717. The van der Waals surface area contributed by atoms with E-state index in [-0.39, 0.29) is 29.9 Å². The van der Waals surface area contributed by atoms with Crippen LogP contribution in [0.3, 0.4) is 0 Å². The molecule has 154 valence electrons. The maximum atomic E-state index is 13.9. The molecule has 2 heterocycles. The zero-order valence-electron chi connectivity index (χ0n) is 16.1. The van der Waals surface area contributed by atoms with E-state index in [4.69, 9.17) is 10.5 Å². The maximum absolute atomic E-state index is 13.9. The topological polar surface area (TPSA) is 67.6 Å². The fraction of sp³-hybridized carbons (Fsp3) is 0.667. The molecule has 1 saturated carbocycles. The van der Waals surface area contributed by atoms with Gasteiger partial charge in [0.1, 0.15) is 6.17 Å². The molecule has 0 bridgehead atoms. The number of rotatable bonds is 5. The number of halogens is 2. The summed E-state index contributed by atoms with van der Waals surface area (Å²) >= 11 is 3.72. The number of nitrogens with two attached hydrogens (primary N) is 1. The lowest BCUT2D eigenvalue weighted by atomic mass is 9.70.